The summed E-state index contributed by atoms with van der Waals surface area (Å²) in [5.74, 6) is 0.501. The van der Waals surface area contributed by atoms with Gasteiger partial charge in [-0.3, -0.25) is 4.79 Å². The van der Waals surface area contributed by atoms with Crippen molar-refractivity contribution >= 4 is 34.1 Å². The number of hydrogen-bond donors (Lipinski definition) is 1. The highest BCUT2D eigenvalue weighted by atomic mass is 32.1. The van der Waals surface area contributed by atoms with Crippen molar-refractivity contribution in [3.05, 3.63) is 45.9 Å². The molecule has 7 nitrogen and oxygen atoms in total. The van der Waals surface area contributed by atoms with Gasteiger partial charge in [0, 0.05) is 34.0 Å². The SMILES string of the molecule is CCCn1nccc1NC(=O)c1cc(-c2cc(C)sc2C)nc2c1cnn2C(C)C. The Morgan fingerprint density at radius 3 is 2.70 bits per heavy atom. The van der Waals surface area contributed by atoms with Gasteiger partial charge in [0.15, 0.2) is 5.65 Å². The highest BCUT2D eigenvalue weighted by Crippen LogP contribution is 2.32. The van der Waals surface area contributed by atoms with Crippen LogP contribution in [0.5, 0.6) is 0 Å². The molecular formula is C22H26N6OS. The molecule has 4 rings (SSSR count). The molecule has 0 atom stereocenters. The molecule has 4 aromatic heterocycles. The smallest absolute Gasteiger partial charge is 0.257 e. The molecule has 4 aromatic rings. The van der Waals surface area contributed by atoms with Crippen LogP contribution in [0.4, 0.5) is 5.82 Å². The van der Waals surface area contributed by atoms with Crippen molar-refractivity contribution in [2.45, 2.75) is 53.6 Å². The van der Waals surface area contributed by atoms with Gasteiger partial charge >= 0.3 is 0 Å². The molecule has 0 bridgehead atoms. The summed E-state index contributed by atoms with van der Waals surface area (Å²) in [5, 5.41) is 12.6. The fourth-order valence-electron chi connectivity index (χ4n) is 3.62. The molecule has 1 amide bonds. The molecule has 0 saturated heterocycles. The lowest BCUT2D eigenvalue weighted by Gasteiger charge is -2.12. The van der Waals surface area contributed by atoms with Gasteiger partial charge in [-0.25, -0.2) is 14.3 Å². The van der Waals surface area contributed by atoms with E-state index in [1.165, 1.54) is 9.75 Å². The lowest BCUT2D eigenvalue weighted by atomic mass is 10.1. The number of fused-ring (bicyclic) bond motifs is 1. The van der Waals surface area contributed by atoms with Crippen molar-refractivity contribution in [1.82, 2.24) is 24.5 Å². The first-order valence-electron chi connectivity index (χ1n) is 10.2. The number of nitrogens with one attached hydrogen (secondary N) is 1. The van der Waals surface area contributed by atoms with Gasteiger partial charge in [-0.1, -0.05) is 6.92 Å². The minimum Gasteiger partial charge on any atom is -0.307 e. The standard InChI is InChI=1S/C22H26N6OS/c1-6-9-27-20(7-8-23-27)26-22(29)17-11-19(16-10-14(4)30-15(16)5)25-21-18(17)12-24-28(21)13(2)3/h7-8,10-13H,6,9H2,1-5H3,(H,26,29). The summed E-state index contributed by atoms with van der Waals surface area (Å²) in [6, 6.07) is 5.95. The Kier molecular flexibility index (Phi) is 5.42. The zero-order chi connectivity index (χ0) is 21.4. The summed E-state index contributed by atoms with van der Waals surface area (Å²) in [4.78, 5) is 20.6. The summed E-state index contributed by atoms with van der Waals surface area (Å²) in [7, 11) is 0. The Morgan fingerprint density at radius 1 is 1.23 bits per heavy atom. The first-order valence-corrected chi connectivity index (χ1v) is 11.0. The number of rotatable bonds is 6. The second kappa shape index (κ2) is 8.02. The Hall–Kier alpha value is -3.00. The van der Waals surface area contributed by atoms with Crippen LogP contribution in [-0.4, -0.2) is 30.5 Å². The second-order valence-corrected chi connectivity index (χ2v) is 9.16. The zero-order valence-corrected chi connectivity index (χ0v) is 18.7. The summed E-state index contributed by atoms with van der Waals surface area (Å²) in [6.45, 7) is 11.1. The molecule has 30 heavy (non-hydrogen) atoms. The van der Waals surface area contributed by atoms with Crippen LogP contribution in [0.2, 0.25) is 0 Å². The number of pyridine rings is 1. The Morgan fingerprint density at radius 2 is 2.03 bits per heavy atom. The average molecular weight is 423 g/mol. The predicted molar refractivity (Wildman–Crippen MR) is 121 cm³/mol. The fraction of sp³-hybridized carbons (Fsp3) is 0.364. The van der Waals surface area contributed by atoms with E-state index in [4.69, 9.17) is 4.98 Å². The topological polar surface area (TPSA) is 77.6 Å². The monoisotopic (exact) mass is 422 g/mol. The zero-order valence-electron chi connectivity index (χ0n) is 17.9. The molecule has 0 aliphatic rings. The molecule has 8 heteroatoms. The van der Waals surface area contributed by atoms with Crippen molar-refractivity contribution in [2.75, 3.05) is 5.32 Å². The number of anilines is 1. The number of hydrogen-bond acceptors (Lipinski definition) is 5. The van der Waals surface area contributed by atoms with Crippen molar-refractivity contribution in [3.63, 3.8) is 0 Å². The van der Waals surface area contributed by atoms with Crippen LogP contribution in [0, 0.1) is 13.8 Å². The van der Waals surface area contributed by atoms with Gasteiger partial charge in [-0.05, 0) is 46.2 Å². The van der Waals surface area contributed by atoms with Crippen molar-refractivity contribution in [1.29, 1.82) is 0 Å². The summed E-state index contributed by atoms with van der Waals surface area (Å²) >= 11 is 1.73. The van der Waals surface area contributed by atoms with Crippen LogP contribution in [0.3, 0.4) is 0 Å². The van der Waals surface area contributed by atoms with Crippen LogP contribution < -0.4 is 5.32 Å². The lowest BCUT2D eigenvalue weighted by molar-refractivity contribution is 0.102. The molecular weight excluding hydrogens is 396 g/mol. The normalized spacial score (nSPS) is 11.5. The molecule has 0 aromatic carbocycles. The van der Waals surface area contributed by atoms with E-state index in [0.717, 1.165) is 35.3 Å². The van der Waals surface area contributed by atoms with Gasteiger partial charge in [-0.15, -0.1) is 11.3 Å². The third kappa shape index (κ3) is 3.63. The van der Waals surface area contributed by atoms with E-state index >= 15 is 0 Å². The number of thiophene rings is 1. The lowest BCUT2D eigenvalue weighted by Crippen LogP contribution is -2.16. The predicted octanol–water partition coefficient (Wildman–Crippen LogP) is 5.22. The maximum absolute atomic E-state index is 13.3. The largest absolute Gasteiger partial charge is 0.307 e. The molecule has 0 saturated carbocycles. The van der Waals surface area contributed by atoms with Crippen LogP contribution in [0.1, 0.15) is 53.3 Å². The molecule has 0 unspecified atom stereocenters. The second-order valence-electron chi connectivity index (χ2n) is 7.70. The first-order chi connectivity index (χ1) is 14.4. The van der Waals surface area contributed by atoms with Gasteiger partial charge in [-0.2, -0.15) is 10.2 Å². The van der Waals surface area contributed by atoms with E-state index in [0.29, 0.717) is 11.4 Å². The molecule has 0 fully saturated rings. The summed E-state index contributed by atoms with van der Waals surface area (Å²) < 4.78 is 3.67. The maximum Gasteiger partial charge on any atom is 0.257 e. The minimum absolute atomic E-state index is 0.137. The van der Waals surface area contributed by atoms with Gasteiger partial charge in [0.2, 0.25) is 0 Å². The number of carbonyl (C=O) groups is 1. The minimum atomic E-state index is -0.186. The number of nitrogens with zero attached hydrogens (tertiary/aromatic N) is 5. The molecule has 0 radical (unpaired) electrons. The molecule has 0 spiro atoms. The quantitative estimate of drug-likeness (QED) is 0.462. The summed E-state index contributed by atoms with van der Waals surface area (Å²) in [6.07, 6.45) is 4.37. The Bertz CT molecular complexity index is 1220. The molecule has 156 valence electrons. The van der Waals surface area contributed by atoms with E-state index in [9.17, 15) is 4.79 Å². The molecule has 4 heterocycles. The van der Waals surface area contributed by atoms with Crippen LogP contribution >= 0.6 is 11.3 Å². The van der Waals surface area contributed by atoms with E-state index in [2.05, 4.69) is 56.2 Å². The van der Waals surface area contributed by atoms with Gasteiger partial charge in [0.25, 0.3) is 5.91 Å². The highest BCUT2D eigenvalue weighted by molar-refractivity contribution is 7.12. The molecule has 0 aliphatic carbocycles. The van der Waals surface area contributed by atoms with Crippen LogP contribution in [0.15, 0.2) is 30.6 Å². The maximum atomic E-state index is 13.3. The van der Waals surface area contributed by atoms with Crippen molar-refractivity contribution in [2.24, 2.45) is 0 Å². The van der Waals surface area contributed by atoms with E-state index in [1.54, 1.807) is 28.4 Å². The molecule has 0 aliphatic heterocycles. The Labute approximate surface area is 179 Å². The van der Waals surface area contributed by atoms with Crippen LogP contribution in [-0.2, 0) is 6.54 Å². The van der Waals surface area contributed by atoms with Crippen molar-refractivity contribution in [3.8, 4) is 11.3 Å². The first kappa shape index (κ1) is 20.3. The highest BCUT2D eigenvalue weighted by Gasteiger charge is 2.20. The Balaban J connectivity index is 1.84. The summed E-state index contributed by atoms with van der Waals surface area (Å²) in [5.41, 5.74) is 3.13. The molecule has 1 N–H and O–H groups in total. The van der Waals surface area contributed by atoms with Crippen molar-refractivity contribution < 1.29 is 4.79 Å². The van der Waals surface area contributed by atoms with Gasteiger partial charge in [0.05, 0.1) is 29.0 Å². The third-order valence-corrected chi connectivity index (χ3v) is 5.98. The fourth-order valence-corrected chi connectivity index (χ4v) is 4.55. The third-order valence-electron chi connectivity index (χ3n) is 5.01. The average Bonchev–Trinajstić information content (AvgIpc) is 3.40. The number of carbonyl (C=O) groups excluding carboxylic acids is 1. The van der Waals surface area contributed by atoms with Gasteiger partial charge in [0.1, 0.15) is 5.82 Å². The van der Waals surface area contributed by atoms with Gasteiger partial charge < -0.3 is 5.32 Å². The van der Waals surface area contributed by atoms with E-state index in [-0.39, 0.29) is 11.9 Å². The number of aromatic nitrogens is 5. The van der Waals surface area contributed by atoms with E-state index < -0.39 is 0 Å². The van der Waals surface area contributed by atoms with Crippen LogP contribution in [0.25, 0.3) is 22.3 Å². The van der Waals surface area contributed by atoms with E-state index in [1.807, 2.05) is 16.8 Å². The number of amides is 1. The number of aryl methyl sites for hydroxylation is 3.